The van der Waals surface area contributed by atoms with E-state index in [0.717, 1.165) is 39.3 Å². The molecule has 0 aromatic carbocycles. The van der Waals surface area contributed by atoms with E-state index in [2.05, 4.69) is 35.1 Å². The monoisotopic (exact) mass is 371 g/mol. The standard InChI is InChI=1S/C12H28N4.Co.2N3/c1-11-3-5-13-8-10-16-12(2)4-6-14-7-9-15-11;;2*1-3-2/h11-16H,3-10H2,1-2H3;;;/q;;2*-1. The maximum atomic E-state index is 6.75. The van der Waals surface area contributed by atoms with Crippen LogP contribution < -0.4 is 21.3 Å². The molecule has 2 atom stereocenters. The van der Waals surface area contributed by atoms with E-state index in [4.69, 9.17) is 22.1 Å². The molecule has 0 aliphatic carbocycles. The van der Waals surface area contributed by atoms with Crippen molar-refractivity contribution in [3.05, 3.63) is 31.9 Å². The van der Waals surface area contributed by atoms with Crippen LogP contribution >= 0.6 is 0 Å². The van der Waals surface area contributed by atoms with Crippen molar-refractivity contribution < 1.29 is 16.8 Å². The van der Waals surface area contributed by atoms with Crippen LogP contribution in [0.1, 0.15) is 26.7 Å². The second-order valence-electron chi connectivity index (χ2n) is 4.97. The van der Waals surface area contributed by atoms with Crippen molar-refractivity contribution in [1.82, 2.24) is 21.3 Å². The van der Waals surface area contributed by atoms with Crippen LogP contribution in [0.3, 0.4) is 0 Å². The summed E-state index contributed by atoms with van der Waals surface area (Å²) < 4.78 is 0. The second kappa shape index (κ2) is 23.2. The summed E-state index contributed by atoms with van der Waals surface area (Å²) in [7, 11) is 0. The Hall–Kier alpha value is -1.03. The van der Waals surface area contributed by atoms with Crippen molar-refractivity contribution >= 4 is 0 Å². The zero-order valence-corrected chi connectivity index (χ0v) is 14.9. The molecular weight excluding hydrogens is 343 g/mol. The Morgan fingerprint density at radius 3 is 1.26 bits per heavy atom. The second-order valence-corrected chi connectivity index (χ2v) is 4.97. The Bertz CT molecular complexity index is 256. The minimum Gasteiger partial charge on any atom is -0.373 e. The molecule has 1 rings (SSSR count). The molecule has 0 bridgehead atoms. The quantitative estimate of drug-likeness (QED) is 0.289. The summed E-state index contributed by atoms with van der Waals surface area (Å²) in [5, 5.41) is 14.0. The van der Waals surface area contributed by atoms with E-state index in [9.17, 15) is 0 Å². The maximum Gasteiger partial charge on any atom is 0.00792 e. The Morgan fingerprint density at radius 1 is 0.652 bits per heavy atom. The van der Waals surface area contributed by atoms with Crippen molar-refractivity contribution in [2.45, 2.75) is 38.8 Å². The number of rotatable bonds is 0. The van der Waals surface area contributed by atoms with E-state index >= 15 is 0 Å². The number of hydrogen-bond acceptors (Lipinski definition) is 4. The van der Waals surface area contributed by atoms with E-state index < -0.39 is 0 Å². The largest absolute Gasteiger partial charge is 0.373 e. The van der Waals surface area contributed by atoms with Gasteiger partial charge in [-0.1, -0.05) is 0 Å². The summed E-state index contributed by atoms with van der Waals surface area (Å²) in [6.07, 6.45) is 2.41. The molecule has 0 aromatic rings. The molecule has 0 amide bonds. The van der Waals surface area contributed by atoms with Gasteiger partial charge in [0.2, 0.25) is 0 Å². The van der Waals surface area contributed by atoms with Gasteiger partial charge in [0.05, 0.1) is 0 Å². The molecule has 0 saturated carbocycles. The third-order valence-corrected chi connectivity index (χ3v) is 3.10. The molecule has 23 heavy (non-hydrogen) atoms. The van der Waals surface area contributed by atoms with E-state index in [1.54, 1.807) is 0 Å². The summed E-state index contributed by atoms with van der Waals surface area (Å²) in [6.45, 7) is 11.0. The van der Waals surface area contributed by atoms with Gasteiger partial charge in [-0.25, -0.2) is 0 Å². The SMILES string of the molecule is CC1CCNCCNC(C)CCNCCN1.[Co].[N-]=[N+]=[N-].[N-]=[N+]=[N-]. The van der Waals surface area contributed by atoms with Gasteiger partial charge in [0, 0.05) is 55.0 Å². The average Bonchev–Trinajstić information content (AvgIpc) is 2.47. The molecule has 137 valence electrons. The van der Waals surface area contributed by atoms with Crippen LogP contribution in [0.5, 0.6) is 0 Å². The van der Waals surface area contributed by atoms with Crippen LogP contribution in [0.2, 0.25) is 0 Å². The molecule has 1 radical (unpaired) electrons. The van der Waals surface area contributed by atoms with E-state index in [-0.39, 0.29) is 16.8 Å². The van der Waals surface area contributed by atoms with E-state index in [1.165, 1.54) is 22.7 Å². The zero-order chi connectivity index (χ0) is 17.1. The number of nitrogens with zero attached hydrogens (tertiary/aromatic N) is 6. The zero-order valence-electron chi connectivity index (χ0n) is 13.8. The molecule has 1 heterocycles. The number of nitrogens with one attached hydrogen (secondary N) is 4. The van der Waals surface area contributed by atoms with Crippen molar-refractivity contribution in [2.24, 2.45) is 0 Å². The first-order valence-electron chi connectivity index (χ1n) is 7.47. The van der Waals surface area contributed by atoms with Gasteiger partial charge < -0.3 is 43.4 Å². The van der Waals surface area contributed by atoms with Crippen LogP contribution in [0.25, 0.3) is 31.9 Å². The predicted octanol–water partition coefficient (Wildman–Crippen LogP) is 1.65. The van der Waals surface area contributed by atoms with Crippen LogP contribution in [0.4, 0.5) is 0 Å². The van der Waals surface area contributed by atoms with Crippen molar-refractivity contribution in [2.75, 3.05) is 39.3 Å². The average molecular weight is 371 g/mol. The summed E-state index contributed by atoms with van der Waals surface area (Å²) in [5.74, 6) is 0. The summed E-state index contributed by atoms with van der Waals surface area (Å²) >= 11 is 0. The normalized spacial score (nSPS) is 22.9. The Labute approximate surface area is 148 Å². The van der Waals surface area contributed by atoms with Gasteiger partial charge in [-0.05, 0) is 39.8 Å². The van der Waals surface area contributed by atoms with Gasteiger partial charge in [0.25, 0.3) is 0 Å². The first kappa shape index (κ1) is 26.8. The minimum atomic E-state index is 0. The molecule has 4 N–H and O–H groups in total. The van der Waals surface area contributed by atoms with Crippen molar-refractivity contribution in [3.8, 4) is 0 Å². The molecule has 1 saturated heterocycles. The molecule has 1 aliphatic rings. The minimum absolute atomic E-state index is 0. The molecule has 0 aromatic heterocycles. The third-order valence-electron chi connectivity index (χ3n) is 3.10. The molecule has 10 nitrogen and oxygen atoms in total. The van der Waals surface area contributed by atoms with Gasteiger partial charge in [-0.2, -0.15) is 0 Å². The van der Waals surface area contributed by atoms with Crippen LogP contribution in [-0.2, 0) is 16.8 Å². The Morgan fingerprint density at radius 2 is 0.957 bits per heavy atom. The fourth-order valence-electron chi connectivity index (χ4n) is 1.91. The smallest absolute Gasteiger partial charge is 0.00792 e. The van der Waals surface area contributed by atoms with E-state index in [1.807, 2.05) is 0 Å². The van der Waals surface area contributed by atoms with Crippen molar-refractivity contribution in [1.29, 1.82) is 0 Å². The van der Waals surface area contributed by atoms with Crippen LogP contribution in [0, 0.1) is 0 Å². The molecular formula is C12H28CoN10-2. The van der Waals surface area contributed by atoms with Crippen molar-refractivity contribution in [3.63, 3.8) is 0 Å². The van der Waals surface area contributed by atoms with E-state index in [0.29, 0.717) is 12.1 Å². The van der Waals surface area contributed by atoms with Gasteiger partial charge in [0.15, 0.2) is 0 Å². The Balaban J connectivity index is -0.000000497. The first-order valence-corrected chi connectivity index (χ1v) is 7.47. The van der Waals surface area contributed by atoms with Gasteiger partial charge in [-0.3, -0.25) is 9.82 Å². The molecule has 1 aliphatic heterocycles. The maximum absolute atomic E-state index is 6.75. The molecule has 0 spiro atoms. The van der Waals surface area contributed by atoms with Gasteiger partial charge in [-0.15, -0.1) is 0 Å². The third kappa shape index (κ3) is 26.2. The summed E-state index contributed by atoms with van der Waals surface area (Å²) in [4.78, 5) is 3.00. The van der Waals surface area contributed by atoms with Crippen LogP contribution in [0.15, 0.2) is 0 Å². The fraction of sp³-hybridized carbons (Fsp3) is 1.00. The molecule has 1 fully saturated rings. The predicted molar refractivity (Wildman–Crippen MR) is 90.1 cm³/mol. The first-order chi connectivity index (χ1) is 10.6. The fourth-order valence-corrected chi connectivity index (χ4v) is 1.91. The van der Waals surface area contributed by atoms with Gasteiger partial charge in [0.1, 0.15) is 0 Å². The molecule has 2 unspecified atom stereocenters. The Kier molecular flexibility index (Phi) is 27.1. The van der Waals surface area contributed by atoms with Gasteiger partial charge >= 0.3 is 0 Å². The topological polar surface area (TPSA) is 166 Å². The number of hydrogen-bond donors (Lipinski definition) is 4. The summed E-state index contributed by atoms with van der Waals surface area (Å²) in [5.41, 5.74) is 27.0. The summed E-state index contributed by atoms with van der Waals surface area (Å²) in [6, 6.07) is 1.23. The molecule has 11 heteroatoms. The van der Waals surface area contributed by atoms with Crippen LogP contribution in [-0.4, -0.2) is 51.4 Å².